The number of nitrogens with one attached hydrogen (secondary N) is 1. The van der Waals surface area contributed by atoms with Crippen LogP contribution in [0.25, 0.3) is 5.76 Å². The summed E-state index contributed by atoms with van der Waals surface area (Å²) in [5.74, 6) is -3.18. The topological polar surface area (TPSA) is 103 Å². The molecule has 1 atom stereocenters. The summed E-state index contributed by atoms with van der Waals surface area (Å²) >= 11 is 0. The number of hydrogen-bond donors (Lipinski definition) is 2. The number of ether oxygens (including phenoxy) is 1. The Hall–Kier alpha value is -3.46. The Labute approximate surface area is 198 Å². The van der Waals surface area contributed by atoms with Gasteiger partial charge in [-0.2, -0.15) is 0 Å². The van der Waals surface area contributed by atoms with Crippen LogP contribution in [0.4, 0.5) is 4.39 Å². The number of aliphatic hydroxyl groups excluding tert-OH is 1. The predicted octanol–water partition coefficient (Wildman–Crippen LogP) is 3.32. The smallest absolute Gasteiger partial charge is 0.354 e. The Balaban J connectivity index is 2.19. The highest BCUT2D eigenvalue weighted by atomic mass is 19.1. The number of aromatic amines is 1. The first kappa shape index (κ1) is 25.2. The molecule has 9 heteroatoms. The van der Waals surface area contributed by atoms with Gasteiger partial charge in [-0.25, -0.2) is 9.18 Å². The van der Waals surface area contributed by atoms with E-state index >= 15 is 0 Å². The molecular weight excluding hydrogens is 441 g/mol. The first-order valence-electron chi connectivity index (χ1n) is 11.2. The van der Waals surface area contributed by atoms with Crippen molar-refractivity contribution >= 4 is 23.4 Å². The summed E-state index contributed by atoms with van der Waals surface area (Å²) in [5.41, 5.74) is 1.43. The Kier molecular flexibility index (Phi) is 7.56. The van der Waals surface area contributed by atoms with E-state index in [1.54, 1.807) is 19.9 Å². The van der Waals surface area contributed by atoms with Gasteiger partial charge >= 0.3 is 5.97 Å². The highest BCUT2D eigenvalue weighted by molar-refractivity contribution is 6.46. The van der Waals surface area contributed by atoms with E-state index in [4.69, 9.17) is 4.74 Å². The first-order valence-corrected chi connectivity index (χ1v) is 11.2. The number of aryl methyl sites for hydroxylation is 1. The summed E-state index contributed by atoms with van der Waals surface area (Å²) in [6.45, 7) is 9.52. The van der Waals surface area contributed by atoms with Gasteiger partial charge in [0.05, 0.1) is 18.7 Å². The molecule has 2 aromatic rings. The molecule has 2 N–H and O–H groups in total. The van der Waals surface area contributed by atoms with Crippen molar-refractivity contribution < 1.29 is 28.6 Å². The molecule has 1 aliphatic heterocycles. The number of aliphatic hydroxyl groups is 1. The molecule has 0 aliphatic carbocycles. The fraction of sp³-hybridized carbons (Fsp3) is 0.400. The van der Waals surface area contributed by atoms with Crippen LogP contribution in [0.15, 0.2) is 29.8 Å². The van der Waals surface area contributed by atoms with Crippen molar-refractivity contribution in [2.24, 2.45) is 0 Å². The van der Waals surface area contributed by atoms with Crippen molar-refractivity contribution in [3.05, 3.63) is 63.7 Å². The summed E-state index contributed by atoms with van der Waals surface area (Å²) < 4.78 is 18.9. The molecule has 8 nitrogen and oxygen atoms in total. The van der Waals surface area contributed by atoms with E-state index in [2.05, 4.69) is 9.88 Å². The number of nitrogens with zero attached hydrogens (tertiary/aromatic N) is 2. The van der Waals surface area contributed by atoms with Crippen molar-refractivity contribution in [2.45, 2.75) is 33.7 Å². The summed E-state index contributed by atoms with van der Waals surface area (Å²) in [6.07, 6.45) is 0. The van der Waals surface area contributed by atoms with Gasteiger partial charge in [0.15, 0.2) is 0 Å². The van der Waals surface area contributed by atoms with Crippen LogP contribution in [0.2, 0.25) is 0 Å². The number of amides is 1. The molecule has 0 unspecified atom stereocenters. The average Bonchev–Trinajstić information content (AvgIpc) is 3.26. The molecule has 1 saturated heterocycles. The molecule has 0 spiro atoms. The third-order valence-corrected chi connectivity index (χ3v) is 6.32. The third kappa shape index (κ3) is 4.48. The second-order valence-corrected chi connectivity index (χ2v) is 8.19. The van der Waals surface area contributed by atoms with E-state index in [-0.39, 0.29) is 23.4 Å². The second-order valence-electron chi connectivity index (χ2n) is 8.19. The Morgan fingerprint density at radius 2 is 1.91 bits per heavy atom. The monoisotopic (exact) mass is 471 g/mol. The summed E-state index contributed by atoms with van der Waals surface area (Å²) in [7, 11) is 1.24. The molecule has 1 amide bonds. The zero-order valence-electron chi connectivity index (χ0n) is 20.1. The van der Waals surface area contributed by atoms with Crippen LogP contribution in [0.1, 0.15) is 52.8 Å². The van der Waals surface area contributed by atoms with E-state index in [0.29, 0.717) is 23.4 Å². The SMILES string of the molecule is CCN(CC)CCN1C(=O)C(=O)/C(=C(/O)c2c(C)[nH]c(C(=O)OC)c2C)[C@@H]1c1cccc(F)c1. The lowest BCUT2D eigenvalue weighted by Crippen LogP contribution is -2.38. The number of ketones is 1. The van der Waals surface area contributed by atoms with Gasteiger partial charge < -0.3 is 24.6 Å². The van der Waals surface area contributed by atoms with Crippen molar-refractivity contribution in [1.82, 2.24) is 14.8 Å². The van der Waals surface area contributed by atoms with E-state index in [1.165, 1.54) is 30.2 Å². The lowest BCUT2D eigenvalue weighted by atomic mass is 9.94. The minimum absolute atomic E-state index is 0.139. The first-order chi connectivity index (χ1) is 16.2. The van der Waals surface area contributed by atoms with Gasteiger partial charge in [0.25, 0.3) is 11.7 Å². The number of Topliss-reactive ketones (excluding diaryl/α,β-unsaturated/α-hetero) is 1. The molecule has 1 aromatic heterocycles. The van der Waals surface area contributed by atoms with Gasteiger partial charge in [-0.3, -0.25) is 9.59 Å². The quantitative estimate of drug-likeness (QED) is 0.265. The molecule has 0 saturated carbocycles. The molecule has 182 valence electrons. The standard InChI is InChI=1S/C25H30FN3O5/c1-6-28(7-2)11-12-29-21(16-9-8-10-17(26)13-16)19(23(31)24(29)32)22(30)18-14(3)20(25(33)34-5)27-15(18)4/h8-10,13,21,27,30H,6-7,11-12H2,1-5H3/b22-19+/t21-/m0/s1. The summed E-state index contributed by atoms with van der Waals surface area (Å²) in [6, 6.07) is 4.67. The summed E-state index contributed by atoms with van der Waals surface area (Å²) in [5, 5.41) is 11.3. The van der Waals surface area contributed by atoms with Gasteiger partial charge in [-0.05, 0) is 50.2 Å². The lowest BCUT2D eigenvalue weighted by Gasteiger charge is -2.28. The van der Waals surface area contributed by atoms with E-state index in [0.717, 1.165) is 13.1 Å². The number of rotatable bonds is 8. The number of H-pyrrole nitrogens is 1. The number of carbonyl (C=O) groups excluding carboxylic acids is 3. The van der Waals surface area contributed by atoms with Crippen molar-refractivity contribution in [2.75, 3.05) is 33.3 Å². The van der Waals surface area contributed by atoms with Crippen LogP contribution in [-0.2, 0) is 14.3 Å². The minimum atomic E-state index is -0.971. The maximum absolute atomic E-state index is 14.1. The third-order valence-electron chi connectivity index (χ3n) is 6.32. The maximum Gasteiger partial charge on any atom is 0.354 e. The number of carbonyl (C=O) groups is 3. The Morgan fingerprint density at radius 1 is 1.24 bits per heavy atom. The Bertz CT molecular complexity index is 1150. The maximum atomic E-state index is 14.1. The number of likely N-dealkylation sites (tertiary alicyclic amines) is 1. The van der Waals surface area contributed by atoms with E-state index in [9.17, 15) is 23.9 Å². The predicted molar refractivity (Wildman–Crippen MR) is 125 cm³/mol. The van der Waals surface area contributed by atoms with E-state index < -0.39 is 35.3 Å². The molecule has 34 heavy (non-hydrogen) atoms. The highest BCUT2D eigenvalue weighted by Gasteiger charge is 2.46. The largest absolute Gasteiger partial charge is 0.507 e. The second kappa shape index (κ2) is 10.2. The zero-order valence-corrected chi connectivity index (χ0v) is 20.1. The van der Waals surface area contributed by atoms with Crippen molar-refractivity contribution in [1.29, 1.82) is 0 Å². The molecule has 1 aliphatic rings. The molecule has 0 bridgehead atoms. The molecule has 2 heterocycles. The average molecular weight is 472 g/mol. The number of methoxy groups -OCH3 is 1. The molecule has 3 rings (SSSR count). The van der Waals surface area contributed by atoms with Crippen LogP contribution in [0.3, 0.4) is 0 Å². The number of halogens is 1. The lowest BCUT2D eigenvalue weighted by molar-refractivity contribution is -0.140. The molecule has 1 fully saturated rings. The van der Waals surface area contributed by atoms with Crippen LogP contribution in [0, 0.1) is 19.7 Å². The number of esters is 1. The number of likely N-dealkylation sites (N-methyl/N-ethyl adjacent to an activating group) is 1. The zero-order chi connectivity index (χ0) is 25.2. The van der Waals surface area contributed by atoms with Crippen LogP contribution in [-0.4, -0.2) is 70.8 Å². The molecule has 0 radical (unpaired) electrons. The van der Waals surface area contributed by atoms with Gasteiger partial charge in [-0.1, -0.05) is 26.0 Å². The van der Waals surface area contributed by atoms with E-state index in [1.807, 2.05) is 13.8 Å². The fourth-order valence-corrected chi connectivity index (χ4v) is 4.47. The number of benzene rings is 1. The normalized spacial score (nSPS) is 17.6. The van der Waals surface area contributed by atoms with Gasteiger partial charge in [0, 0.05) is 24.3 Å². The number of hydrogen-bond acceptors (Lipinski definition) is 6. The Morgan fingerprint density at radius 3 is 2.50 bits per heavy atom. The van der Waals surface area contributed by atoms with Gasteiger partial charge in [-0.15, -0.1) is 0 Å². The summed E-state index contributed by atoms with van der Waals surface area (Å²) in [4.78, 5) is 44.7. The minimum Gasteiger partial charge on any atom is -0.507 e. The molecular formula is C25H30FN3O5. The highest BCUT2D eigenvalue weighted by Crippen LogP contribution is 2.40. The van der Waals surface area contributed by atoms with Crippen LogP contribution in [0.5, 0.6) is 0 Å². The fourth-order valence-electron chi connectivity index (χ4n) is 4.47. The van der Waals surface area contributed by atoms with Crippen molar-refractivity contribution in [3.8, 4) is 0 Å². The molecule has 1 aromatic carbocycles. The van der Waals surface area contributed by atoms with Crippen molar-refractivity contribution in [3.63, 3.8) is 0 Å². The van der Waals surface area contributed by atoms with Gasteiger partial charge in [0.2, 0.25) is 0 Å². The van der Waals surface area contributed by atoms with Crippen LogP contribution < -0.4 is 0 Å². The van der Waals surface area contributed by atoms with Crippen LogP contribution >= 0.6 is 0 Å². The van der Waals surface area contributed by atoms with Gasteiger partial charge in [0.1, 0.15) is 17.3 Å². The number of aromatic nitrogens is 1.